The first-order chi connectivity index (χ1) is 8.78. The van der Waals surface area contributed by atoms with Gasteiger partial charge in [-0.25, -0.2) is 0 Å². The first-order valence-electron chi connectivity index (χ1n) is 7.74. The maximum Gasteiger partial charge on any atom is 0.193 e. The van der Waals surface area contributed by atoms with E-state index >= 15 is 0 Å². The highest BCUT2D eigenvalue weighted by Crippen LogP contribution is 2.29. The molecular weight excluding hydrogens is 222 g/mol. The van der Waals surface area contributed by atoms with E-state index in [1.165, 1.54) is 45.2 Å². The van der Waals surface area contributed by atoms with Crippen molar-refractivity contribution in [2.45, 2.75) is 46.0 Å². The largest absolute Gasteiger partial charge is 0.356 e. The van der Waals surface area contributed by atoms with E-state index in [1.807, 2.05) is 7.05 Å². The second-order valence-electron chi connectivity index (χ2n) is 5.94. The third-order valence-corrected chi connectivity index (χ3v) is 4.70. The maximum atomic E-state index is 4.45. The number of guanidine groups is 1. The molecule has 1 atom stereocenters. The van der Waals surface area contributed by atoms with Crippen LogP contribution in [0, 0.1) is 17.8 Å². The van der Waals surface area contributed by atoms with E-state index in [0.29, 0.717) is 0 Å². The van der Waals surface area contributed by atoms with E-state index in [-0.39, 0.29) is 0 Å². The minimum absolute atomic E-state index is 0.875. The Kier molecular flexibility index (Phi) is 4.90. The van der Waals surface area contributed by atoms with Gasteiger partial charge in [-0.15, -0.1) is 0 Å². The molecule has 1 aliphatic carbocycles. The van der Waals surface area contributed by atoms with Crippen molar-refractivity contribution in [3.8, 4) is 0 Å². The van der Waals surface area contributed by atoms with E-state index < -0.39 is 0 Å². The second-order valence-corrected chi connectivity index (χ2v) is 5.94. The molecule has 3 heteroatoms. The summed E-state index contributed by atoms with van der Waals surface area (Å²) in [5.41, 5.74) is 0. The molecule has 2 rings (SSSR count). The Morgan fingerprint density at radius 2 is 2.00 bits per heavy atom. The van der Waals surface area contributed by atoms with E-state index in [9.17, 15) is 0 Å². The van der Waals surface area contributed by atoms with Crippen LogP contribution in [0.25, 0.3) is 0 Å². The molecule has 0 aromatic rings. The number of hydrogen-bond acceptors (Lipinski definition) is 1. The number of hydrogen-bond donors (Lipinski definition) is 1. The van der Waals surface area contributed by atoms with Gasteiger partial charge in [-0.3, -0.25) is 4.99 Å². The van der Waals surface area contributed by atoms with Crippen LogP contribution < -0.4 is 5.32 Å². The highest BCUT2D eigenvalue weighted by molar-refractivity contribution is 5.80. The summed E-state index contributed by atoms with van der Waals surface area (Å²) < 4.78 is 0. The number of rotatable bonds is 5. The molecular formula is C15H29N3. The Bertz CT molecular complexity index is 279. The molecule has 0 radical (unpaired) electrons. The van der Waals surface area contributed by atoms with Crippen molar-refractivity contribution >= 4 is 5.96 Å². The Hall–Kier alpha value is -0.730. The van der Waals surface area contributed by atoms with Crippen molar-refractivity contribution in [3.05, 3.63) is 0 Å². The van der Waals surface area contributed by atoms with Gasteiger partial charge in [0.25, 0.3) is 0 Å². The molecule has 3 nitrogen and oxygen atoms in total. The van der Waals surface area contributed by atoms with Gasteiger partial charge in [0.05, 0.1) is 0 Å². The van der Waals surface area contributed by atoms with Crippen LogP contribution in [0.2, 0.25) is 0 Å². The molecule has 2 aliphatic rings. The van der Waals surface area contributed by atoms with E-state index in [2.05, 4.69) is 29.1 Å². The smallest absolute Gasteiger partial charge is 0.193 e. The molecule has 0 aromatic heterocycles. The molecule has 1 unspecified atom stereocenters. The minimum Gasteiger partial charge on any atom is -0.356 e. The molecule has 0 spiro atoms. The van der Waals surface area contributed by atoms with Crippen molar-refractivity contribution in [3.63, 3.8) is 0 Å². The van der Waals surface area contributed by atoms with Crippen LogP contribution in [0.15, 0.2) is 4.99 Å². The van der Waals surface area contributed by atoms with Crippen molar-refractivity contribution in [2.24, 2.45) is 22.7 Å². The van der Waals surface area contributed by atoms with Gasteiger partial charge in [0, 0.05) is 26.7 Å². The number of aliphatic imine (C=N–C) groups is 1. The Balaban J connectivity index is 1.81. The fourth-order valence-corrected chi connectivity index (χ4v) is 3.21. The fraction of sp³-hybridized carbons (Fsp3) is 0.933. The SMILES string of the molecule is CCC(CC)C1CCN(C(=NC)NCC2CC2)C1. The van der Waals surface area contributed by atoms with E-state index in [1.54, 1.807) is 0 Å². The normalized spacial score (nSPS) is 25.0. The molecule has 1 heterocycles. The van der Waals surface area contributed by atoms with Crippen molar-refractivity contribution in [2.75, 3.05) is 26.7 Å². The van der Waals surface area contributed by atoms with Gasteiger partial charge in [-0.2, -0.15) is 0 Å². The number of nitrogens with zero attached hydrogens (tertiary/aromatic N) is 2. The van der Waals surface area contributed by atoms with Gasteiger partial charge in [0.1, 0.15) is 0 Å². The van der Waals surface area contributed by atoms with Gasteiger partial charge < -0.3 is 10.2 Å². The lowest BCUT2D eigenvalue weighted by molar-refractivity contribution is 0.319. The third kappa shape index (κ3) is 3.39. The topological polar surface area (TPSA) is 27.6 Å². The lowest BCUT2D eigenvalue weighted by atomic mass is 9.87. The van der Waals surface area contributed by atoms with Gasteiger partial charge >= 0.3 is 0 Å². The zero-order valence-corrected chi connectivity index (χ0v) is 12.3. The summed E-state index contributed by atoms with van der Waals surface area (Å²) in [4.78, 5) is 6.91. The van der Waals surface area contributed by atoms with E-state index in [4.69, 9.17) is 0 Å². The van der Waals surface area contributed by atoms with Crippen LogP contribution in [-0.4, -0.2) is 37.5 Å². The molecule has 104 valence electrons. The quantitative estimate of drug-likeness (QED) is 0.601. The highest BCUT2D eigenvalue weighted by atomic mass is 15.3. The molecule has 0 aromatic carbocycles. The van der Waals surface area contributed by atoms with Crippen molar-refractivity contribution < 1.29 is 0 Å². The molecule has 18 heavy (non-hydrogen) atoms. The summed E-state index contributed by atoms with van der Waals surface area (Å²) in [6.07, 6.45) is 6.80. The van der Waals surface area contributed by atoms with Gasteiger partial charge in [0.15, 0.2) is 5.96 Å². The molecule has 0 amide bonds. The molecule has 1 N–H and O–H groups in total. The summed E-state index contributed by atoms with van der Waals surface area (Å²) in [7, 11) is 1.92. The standard InChI is InChI=1S/C15H29N3/c1-4-13(5-2)14-8-9-18(11-14)15(16-3)17-10-12-6-7-12/h12-14H,4-11H2,1-3H3,(H,16,17). The lowest BCUT2D eigenvalue weighted by Gasteiger charge is -2.24. The zero-order chi connectivity index (χ0) is 13.0. The predicted molar refractivity (Wildman–Crippen MR) is 77.8 cm³/mol. The summed E-state index contributed by atoms with van der Waals surface area (Å²) >= 11 is 0. The fourth-order valence-electron chi connectivity index (χ4n) is 3.21. The van der Waals surface area contributed by atoms with Crippen LogP contribution in [0.4, 0.5) is 0 Å². The lowest BCUT2D eigenvalue weighted by Crippen LogP contribution is -2.41. The van der Waals surface area contributed by atoms with Crippen LogP contribution in [0.1, 0.15) is 46.0 Å². The Morgan fingerprint density at radius 1 is 1.28 bits per heavy atom. The van der Waals surface area contributed by atoms with Gasteiger partial charge in [-0.1, -0.05) is 26.7 Å². The summed E-state index contributed by atoms with van der Waals surface area (Å²) in [5.74, 6) is 3.82. The Labute approximate surface area is 112 Å². The average molecular weight is 251 g/mol. The predicted octanol–water partition coefficient (Wildman–Crippen LogP) is 2.73. The molecule has 0 bridgehead atoms. The van der Waals surface area contributed by atoms with Crippen LogP contribution in [0.5, 0.6) is 0 Å². The van der Waals surface area contributed by atoms with Crippen LogP contribution >= 0.6 is 0 Å². The molecule has 1 saturated carbocycles. The summed E-state index contributed by atoms with van der Waals surface area (Å²) in [6, 6.07) is 0. The zero-order valence-electron chi connectivity index (χ0n) is 12.3. The first kappa shape index (κ1) is 13.7. The molecule has 1 aliphatic heterocycles. The summed E-state index contributed by atoms with van der Waals surface area (Å²) in [6.45, 7) is 8.18. The first-order valence-corrected chi connectivity index (χ1v) is 7.74. The second kappa shape index (κ2) is 6.44. The number of likely N-dealkylation sites (tertiary alicyclic amines) is 1. The summed E-state index contributed by atoms with van der Waals surface area (Å²) in [5, 5.41) is 3.54. The van der Waals surface area contributed by atoms with Crippen LogP contribution in [0.3, 0.4) is 0 Å². The molecule has 2 fully saturated rings. The van der Waals surface area contributed by atoms with Gasteiger partial charge in [-0.05, 0) is 37.0 Å². The average Bonchev–Trinajstić information content (AvgIpc) is 3.10. The van der Waals surface area contributed by atoms with E-state index in [0.717, 1.165) is 30.3 Å². The van der Waals surface area contributed by atoms with Crippen molar-refractivity contribution in [1.82, 2.24) is 10.2 Å². The minimum atomic E-state index is 0.875. The number of nitrogens with one attached hydrogen (secondary N) is 1. The monoisotopic (exact) mass is 251 g/mol. The third-order valence-electron chi connectivity index (χ3n) is 4.70. The molecule has 1 saturated heterocycles. The van der Waals surface area contributed by atoms with Crippen molar-refractivity contribution in [1.29, 1.82) is 0 Å². The van der Waals surface area contributed by atoms with Gasteiger partial charge in [0.2, 0.25) is 0 Å². The van der Waals surface area contributed by atoms with Crippen LogP contribution in [-0.2, 0) is 0 Å². The maximum absolute atomic E-state index is 4.45. The Morgan fingerprint density at radius 3 is 2.56 bits per heavy atom. The highest BCUT2D eigenvalue weighted by Gasteiger charge is 2.30.